The number of hydrogen-bond donors (Lipinski definition) is 2. The van der Waals surface area contributed by atoms with Gasteiger partial charge in [0.25, 0.3) is 5.91 Å². The zero-order chi connectivity index (χ0) is 14.5. The third kappa shape index (κ3) is 3.16. The molecule has 0 aliphatic carbocycles. The van der Waals surface area contributed by atoms with E-state index >= 15 is 0 Å². The van der Waals surface area contributed by atoms with Gasteiger partial charge in [0, 0.05) is 12.1 Å². The van der Waals surface area contributed by atoms with E-state index in [0.717, 1.165) is 0 Å². The van der Waals surface area contributed by atoms with Crippen molar-refractivity contribution in [2.24, 2.45) is 0 Å². The first-order valence-electron chi connectivity index (χ1n) is 5.78. The second-order valence-corrected chi connectivity index (χ2v) is 4.27. The van der Waals surface area contributed by atoms with E-state index in [1.165, 1.54) is 19.5 Å². The first-order valence-corrected chi connectivity index (χ1v) is 6.16. The highest BCUT2D eigenvalue weighted by atomic mass is 35.5. The maximum atomic E-state index is 12.1. The smallest absolute Gasteiger partial charge is 0.275 e. The molecule has 0 aliphatic rings. The van der Waals surface area contributed by atoms with E-state index in [1.807, 2.05) is 0 Å². The van der Waals surface area contributed by atoms with E-state index in [2.05, 4.69) is 20.6 Å². The van der Waals surface area contributed by atoms with E-state index in [0.29, 0.717) is 22.3 Å². The predicted molar refractivity (Wildman–Crippen MR) is 77.5 cm³/mol. The maximum Gasteiger partial charge on any atom is 0.275 e. The van der Waals surface area contributed by atoms with Gasteiger partial charge in [-0.05, 0) is 18.2 Å². The highest BCUT2D eigenvalue weighted by molar-refractivity contribution is 6.31. The van der Waals surface area contributed by atoms with Gasteiger partial charge in [-0.3, -0.25) is 4.79 Å². The Balaban J connectivity index is 2.20. The standard InChI is InChI=1S/C13H13ClN4O2/c1-15-12-7-16-10(6-17-12)13(19)18-9-5-8(14)3-4-11(9)20-2/h3-7H,1-2H3,(H,15,17)(H,18,19). The van der Waals surface area contributed by atoms with E-state index < -0.39 is 0 Å². The normalized spacial score (nSPS) is 9.95. The minimum Gasteiger partial charge on any atom is -0.495 e. The summed E-state index contributed by atoms with van der Waals surface area (Å²) in [7, 11) is 3.24. The molecule has 0 atom stereocenters. The van der Waals surface area contributed by atoms with Crippen molar-refractivity contribution in [1.29, 1.82) is 0 Å². The number of carbonyl (C=O) groups excluding carboxylic acids is 1. The molecule has 20 heavy (non-hydrogen) atoms. The lowest BCUT2D eigenvalue weighted by Gasteiger charge is -2.10. The summed E-state index contributed by atoms with van der Waals surface area (Å²) in [6, 6.07) is 4.96. The van der Waals surface area contributed by atoms with Crippen LogP contribution in [0.5, 0.6) is 5.75 Å². The van der Waals surface area contributed by atoms with Crippen molar-refractivity contribution >= 4 is 29.0 Å². The number of ether oxygens (including phenoxy) is 1. The molecular weight excluding hydrogens is 280 g/mol. The number of nitrogens with zero attached hydrogens (tertiary/aromatic N) is 2. The Morgan fingerprint density at radius 3 is 2.70 bits per heavy atom. The van der Waals surface area contributed by atoms with Gasteiger partial charge >= 0.3 is 0 Å². The number of benzene rings is 1. The monoisotopic (exact) mass is 292 g/mol. The van der Waals surface area contributed by atoms with Gasteiger partial charge in [-0.15, -0.1) is 0 Å². The van der Waals surface area contributed by atoms with E-state index in [-0.39, 0.29) is 11.6 Å². The molecule has 7 heteroatoms. The molecule has 6 nitrogen and oxygen atoms in total. The summed E-state index contributed by atoms with van der Waals surface area (Å²) in [5.74, 6) is 0.713. The van der Waals surface area contributed by atoms with Crippen LogP contribution in [0.3, 0.4) is 0 Å². The molecule has 1 aromatic heterocycles. The molecule has 1 amide bonds. The number of anilines is 2. The number of rotatable bonds is 4. The van der Waals surface area contributed by atoms with Gasteiger partial charge in [-0.1, -0.05) is 11.6 Å². The molecule has 0 saturated carbocycles. The van der Waals surface area contributed by atoms with Crippen LogP contribution in [0.25, 0.3) is 0 Å². The Kier molecular flexibility index (Phi) is 4.37. The summed E-state index contributed by atoms with van der Waals surface area (Å²) >= 11 is 5.90. The van der Waals surface area contributed by atoms with Crippen LogP contribution in [0.1, 0.15) is 10.5 Å². The van der Waals surface area contributed by atoms with Crippen molar-refractivity contribution in [2.45, 2.75) is 0 Å². The van der Waals surface area contributed by atoms with Crippen molar-refractivity contribution in [2.75, 3.05) is 24.8 Å². The highest BCUT2D eigenvalue weighted by Gasteiger charge is 2.12. The molecule has 0 radical (unpaired) electrons. The quantitative estimate of drug-likeness (QED) is 0.905. The number of amides is 1. The topological polar surface area (TPSA) is 76.1 Å². The zero-order valence-corrected chi connectivity index (χ0v) is 11.7. The molecule has 1 heterocycles. The van der Waals surface area contributed by atoms with Crippen molar-refractivity contribution in [3.05, 3.63) is 41.3 Å². The van der Waals surface area contributed by atoms with Gasteiger partial charge in [0.05, 0.1) is 25.2 Å². The number of nitrogens with one attached hydrogen (secondary N) is 2. The summed E-state index contributed by atoms with van der Waals surface area (Å²) in [6.07, 6.45) is 2.86. The first-order chi connectivity index (χ1) is 9.63. The molecule has 0 unspecified atom stereocenters. The summed E-state index contributed by atoms with van der Waals surface area (Å²) in [5, 5.41) is 6.01. The second-order valence-electron chi connectivity index (χ2n) is 3.84. The predicted octanol–water partition coefficient (Wildman–Crippen LogP) is 2.43. The van der Waals surface area contributed by atoms with Crippen molar-refractivity contribution < 1.29 is 9.53 Å². The van der Waals surface area contributed by atoms with Crippen molar-refractivity contribution in [3.63, 3.8) is 0 Å². The van der Waals surface area contributed by atoms with Gasteiger partial charge in [-0.2, -0.15) is 0 Å². The molecule has 2 aromatic rings. The molecule has 0 aliphatic heterocycles. The SMILES string of the molecule is CNc1cnc(C(=O)Nc2cc(Cl)ccc2OC)cn1. The van der Waals surface area contributed by atoms with Crippen LogP contribution in [0.2, 0.25) is 5.02 Å². The maximum absolute atomic E-state index is 12.1. The van der Waals surface area contributed by atoms with Gasteiger partial charge in [0.15, 0.2) is 0 Å². The Bertz CT molecular complexity index is 616. The highest BCUT2D eigenvalue weighted by Crippen LogP contribution is 2.27. The molecule has 2 rings (SSSR count). The van der Waals surface area contributed by atoms with Gasteiger partial charge < -0.3 is 15.4 Å². The fourth-order valence-corrected chi connectivity index (χ4v) is 1.71. The minimum absolute atomic E-state index is 0.200. The number of halogens is 1. The van der Waals surface area contributed by atoms with E-state index in [1.54, 1.807) is 25.2 Å². The molecular formula is C13H13ClN4O2. The van der Waals surface area contributed by atoms with Gasteiger partial charge in [0.2, 0.25) is 0 Å². The Labute approximate surface area is 121 Å². The fraction of sp³-hybridized carbons (Fsp3) is 0.154. The van der Waals surface area contributed by atoms with Gasteiger partial charge in [-0.25, -0.2) is 9.97 Å². The second kappa shape index (κ2) is 6.21. The fourth-order valence-electron chi connectivity index (χ4n) is 1.54. The average Bonchev–Trinajstić information content (AvgIpc) is 2.47. The van der Waals surface area contributed by atoms with Crippen LogP contribution in [0, 0.1) is 0 Å². The number of hydrogen-bond acceptors (Lipinski definition) is 5. The van der Waals surface area contributed by atoms with Crippen LogP contribution in [0.4, 0.5) is 11.5 Å². The molecule has 104 valence electrons. The van der Waals surface area contributed by atoms with Crippen molar-refractivity contribution in [3.8, 4) is 5.75 Å². The molecule has 0 spiro atoms. The largest absolute Gasteiger partial charge is 0.495 e. The molecule has 2 N–H and O–H groups in total. The lowest BCUT2D eigenvalue weighted by Crippen LogP contribution is -2.15. The first kappa shape index (κ1) is 14.1. The van der Waals surface area contributed by atoms with Crippen LogP contribution in [-0.2, 0) is 0 Å². The molecule has 1 aromatic carbocycles. The number of carbonyl (C=O) groups is 1. The van der Waals surface area contributed by atoms with Crippen LogP contribution in [-0.4, -0.2) is 30.0 Å². The average molecular weight is 293 g/mol. The van der Waals surface area contributed by atoms with Crippen LogP contribution >= 0.6 is 11.6 Å². The Hall–Kier alpha value is -2.34. The summed E-state index contributed by atoms with van der Waals surface area (Å²) in [5.41, 5.74) is 0.676. The van der Waals surface area contributed by atoms with E-state index in [4.69, 9.17) is 16.3 Å². The van der Waals surface area contributed by atoms with Gasteiger partial charge in [0.1, 0.15) is 17.3 Å². The third-order valence-corrected chi connectivity index (χ3v) is 2.79. The summed E-state index contributed by atoms with van der Waals surface area (Å²) < 4.78 is 5.15. The lowest BCUT2D eigenvalue weighted by atomic mass is 10.2. The summed E-state index contributed by atoms with van der Waals surface area (Å²) in [4.78, 5) is 20.1. The van der Waals surface area contributed by atoms with Crippen LogP contribution < -0.4 is 15.4 Å². The Morgan fingerprint density at radius 2 is 2.10 bits per heavy atom. The lowest BCUT2D eigenvalue weighted by molar-refractivity contribution is 0.102. The molecule has 0 bridgehead atoms. The number of aromatic nitrogens is 2. The Morgan fingerprint density at radius 1 is 1.30 bits per heavy atom. The van der Waals surface area contributed by atoms with Crippen LogP contribution in [0.15, 0.2) is 30.6 Å². The third-order valence-electron chi connectivity index (χ3n) is 2.55. The van der Waals surface area contributed by atoms with E-state index in [9.17, 15) is 4.79 Å². The zero-order valence-electron chi connectivity index (χ0n) is 11.0. The molecule has 0 saturated heterocycles. The summed E-state index contributed by atoms with van der Waals surface area (Å²) in [6.45, 7) is 0. The number of methoxy groups -OCH3 is 1. The van der Waals surface area contributed by atoms with Crippen molar-refractivity contribution in [1.82, 2.24) is 9.97 Å². The molecule has 0 fully saturated rings. The minimum atomic E-state index is -0.388.